The van der Waals surface area contributed by atoms with Crippen LogP contribution in [0.1, 0.15) is 13.8 Å². The van der Waals surface area contributed by atoms with Crippen LogP contribution in [0.4, 0.5) is 0 Å². The minimum atomic E-state index is 0. The van der Waals surface area contributed by atoms with Gasteiger partial charge in [0.1, 0.15) is 0 Å². The van der Waals surface area contributed by atoms with Crippen LogP contribution in [0.15, 0.2) is 0 Å². The van der Waals surface area contributed by atoms with Crippen LogP contribution in [-0.2, 0) is 18.6 Å². The van der Waals surface area contributed by atoms with Gasteiger partial charge in [-0.25, -0.2) is 0 Å². The minimum absolute atomic E-state index is 0. The second-order valence-corrected chi connectivity index (χ2v) is 0.540. The molecule has 3 heteroatoms. The Labute approximate surface area is 96.0 Å². The average molecular weight is 391 g/mol. The molecule has 0 N–H and O–H groups in total. The molecule has 55 valence electrons. The summed E-state index contributed by atoms with van der Waals surface area (Å²) in [7, 11) is 1.74. The van der Waals surface area contributed by atoms with Gasteiger partial charge in [0.05, 0.1) is 0 Å². The summed E-state index contributed by atoms with van der Waals surface area (Å²) in [5.41, 5.74) is 0. The van der Waals surface area contributed by atoms with Crippen LogP contribution in [0.3, 0.4) is 0 Å². The Morgan fingerprint density at radius 1 is 1.33 bits per heavy atom. The van der Waals surface area contributed by atoms with Gasteiger partial charge in [0, 0.05) is 18.6 Å². The van der Waals surface area contributed by atoms with E-state index in [4.69, 9.17) is 0 Å². The van der Waals surface area contributed by atoms with Crippen molar-refractivity contribution in [3.05, 3.63) is 19.7 Å². The van der Waals surface area contributed by atoms with Crippen molar-refractivity contribution in [2.45, 2.75) is 13.8 Å². The summed E-state index contributed by atoms with van der Waals surface area (Å²) in [5, 5.41) is 3.62. The van der Waals surface area contributed by atoms with Gasteiger partial charge in [-0.15, -0.1) is 0 Å². The molecule has 0 unspecified atom stereocenters. The second-order valence-electron chi connectivity index (χ2n) is 0.540. The molecular weight excluding hydrogens is 375 g/mol. The maximum Gasteiger partial charge on any atom is 2.00 e. The summed E-state index contributed by atoms with van der Waals surface area (Å²) in [6.07, 6.45) is 0. The van der Waals surface area contributed by atoms with Crippen LogP contribution >= 0.6 is 0 Å². The second kappa shape index (κ2) is 54.8. The molecule has 9 heavy (non-hydrogen) atoms. The van der Waals surface area contributed by atoms with E-state index in [2.05, 4.69) is 12.2 Å². The van der Waals surface area contributed by atoms with Gasteiger partial charge in [-0.05, 0) is 0 Å². The minimum Gasteiger partial charge on any atom is -0.691 e. The monoisotopic (exact) mass is 391 g/mol. The topological polar surface area (TPSA) is 14.1 Å². The standard InChI is InChI=1S/C3H7N.C2H6.CH3.U.V/c1-3-4-2;1-2;;;/h1,3H2,2H3;1-2H3;1H3;;/q-2;;-1;+2;. The zero-order chi connectivity index (χ0) is 5.41. The molecule has 0 saturated heterocycles. The van der Waals surface area contributed by atoms with Crippen LogP contribution in [0.2, 0.25) is 0 Å². The van der Waals surface area contributed by atoms with Gasteiger partial charge in [-0.2, -0.15) is 7.05 Å². The van der Waals surface area contributed by atoms with E-state index in [0.717, 1.165) is 0 Å². The van der Waals surface area contributed by atoms with Crippen molar-refractivity contribution in [3.8, 4) is 0 Å². The maximum atomic E-state index is 3.62. The molecule has 0 rings (SSSR count). The molecule has 0 spiro atoms. The molecule has 0 heterocycles. The normalized spacial score (nSPS) is 4.00. The van der Waals surface area contributed by atoms with Crippen molar-refractivity contribution in [1.82, 2.24) is 0 Å². The van der Waals surface area contributed by atoms with Gasteiger partial charge in [-0.1, -0.05) is 13.8 Å². The Morgan fingerprint density at radius 3 is 1.44 bits per heavy atom. The van der Waals surface area contributed by atoms with E-state index in [1.807, 2.05) is 13.8 Å². The zero-order valence-corrected chi connectivity index (χ0v) is 12.4. The fraction of sp³-hybridized carbons (Fsp3) is 0.667. The van der Waals surface area contributed by atoms with E-state index in [9.17, 15) is 0 Å². The third-order valence-corrected chi connectivity index (χ3v) is 0.224. The summed E-state index contributed by atoms with van der Waals surface area (Å²) in [5.74, 6) is 0. The number of nitrogens with zero attached hydrogens (tertiary/aromatic N) is 1. The largest absolute Gasteiger partial charge is 2.00 e. The molecule has 1 radical (unpaired) electrons. The van der Waals surface area contributed by atoms with Gasteiger partial charge >= 0.3 is 31.1 Å². The molecular formula is C6H16NUV-. The average Bonchev–Trinajstić information content (AvgIpc) is 1.72. The number of hydrogen-bond donors (Lipinski definition) is 0. The molecule has 0 aromatic heterocycles. The molecule has 1 nitrogen and oxygen atoms in total. The van der Waals surface area contributed by atoms with Crippen molar-refractivity contribution < 1.29 is 49.7 Å². The fourth-order valence-corrected chi connectivity index (χ4v) is 0. The molecule has 0 fully saturated rings. The molecule has 0 atom stereocenters. The van der Waals surface area contributed by atoms with Crippen molar-refractivity contribution >= 4 is 0 Å². The summed E-state index contributed by atoms with van der Waals surface area (Å²) in [6.45, 7) is 8.13. The van der Waals surface area contributed by atoms with E-state index in [0.29, 0.717) is 6.54 Å². The van der Waals surface area contributed by atoms with Crippen LogP contribution in [0.5, 0.6) is 0 Å². The summed E-state index contributed by atoms with van der Waals surface area (Å²) in [6, 6.07) is 0. The first-order valence-corrected chi connectivity index (χ1v) is 2.26. The van der Waals surface area contributed by atoms with E-state index in [1.54, 1.807) is 7.05 Å². The Hall–Kier alpha value is 1.60. The molecule has 0 saturated carbocycles. The first kappa shape index (κ1) is 31.2. The van der Waals surface area contributed by atoms with E-state index in [-0.39, 0.29) is 57.1 Å². The first-order chi connectivity index (χ1) is 2.91. The Morgan fingerprint density at radius 2 is 1.44 bits per heavy atom. The van der Waals surface area contributed by atoms with E-state index < -0.39 is 0 Å². The molecule has 0 aliphatic heterocycles. The third-order valence-electron chi connectivity index (χ3n) is 0.224. The van der Waals surface area contributed by atoms with Crippen LogP contribution < -0.4 is 0 Å². The van der Waals surface area contributed by atoms with E-state index >= 15 is 0 Å². The molecule has 0 aliphatic rings. The van der Waals surface area contributed by atoms with Crippen molar-refractivity contribution in [1.29, 1.82) is 0 Å². The van der Waals surface area contributed by atoms with Crippen LogP contribution in [-0.4, -0.2) is 13.6 Å². The Balaban J connectivity index is -0.00000000990. The first-order valence-electron chi connectivity index (χ1n) is 2.26. The van der Waals surface area contributed by atoms with Crippen molar-refractivity contribution in [3.63, 3.8) is 0 Å². The fourth-order valence-electron chi connectivity index (χ4n) is 0. The smallest absolute Gasteiger partial charge is 0.691 e. The number of hydrogen-bond acceptors (Lipinski definition) is 0. The SMILES string of the molecule is CC.[CH2-]C[N-]C.[CH3-].[U+2].[V]. The summed E-state index contributed by atoms with van der Waals surface area (Å²) in [4.78, 5) is 0. The van der Waals surface area contributed by atoms with Crippen LogP contribution in [0.25, 0.3) is 5.32 Å². The zero-order valence-electron chi connectivity index (χ0n) is 6.81. The summed E-state index contributed by atoms with van der Waals surface area (Å²) < 4.78 is 0. The molecule has 0 bridgehead atoms. The van der Waals surface area contributed by atoms with Gasteiger partial charge < -0.3 is 19.7 Å². The molecule has 0 amide bonds. The molecule has 0 aromatic rings. The van der Waals surface area contributed by atoms with Crippen LogP contribution in [0, 0.1) is 45.5 Å². The van der Waals surface area contributed by atoms with Crippen molar-refractivity contribution in [2.75, 3.05) is 13.6 Å². The number of rotatable bonds is 1. The Bertz CT molecular complexity index is 15.0. The van der Waals surface area contributed by atoms with Crippen molar-refractivity contribution in [2.24, 2.45) is 0 Å². The molecule has 0 aliphatic carbocycles. The van der Waals surface area contributed by atoms with Gasteiger partial charge in [0.15, 0.2) is 0 Å². The molecule has 0 aromatic carbocycles. The van der Waals surface area contributed by atoms with Gasteiger partial charge in [0.2, 0.25) is 0 Å². The predicted molar refractivity (Wildman–Crippen MR) is 37.3 cm³/mol. The Kier molecular flexibility index (Phi) is 190. The van der Waals surface area contributed by atoms with Gasteiger partial charge in [0.25, 0.3) is 0 Å². The maximum absolute atomic E-state index is 3.62. The van der Waals surface area contributed by atoms with E-state index in [1.165, 1.54) is 0 Å². The third kappa shape index (κ3) is 82.1. The summed E-state index contributed by atoms with van der Waals surface area (Å²) >= 11 is 0. The van der Waals surface area contributed by atoms with Gasteiger partial charge in [-0.3, -0.25) is 6.54 Å². The quantitative estimate of drug-likeness (QED) is 0.610. The predicted octanol–water partition coefficient (Wildman–Crippen LogP) is 2.30.